The summed E-state index contributed by atoms with van der Waals surface area (Å²) >= 11 is 0. The van der Waals surface area contributed by atoms with Gasteiger partial charge in [-0.2, -0.15) is 0 Å². The third-order valence-electron chi connectivity index (χ3n) is 6.99. The van der Waals surface area contributed by atoms with Crippen LogP contribution >= 0.6 is 0 Å². The number of likely N-dealkylation sites (tertiary alicyclic amines) is 1. The van der Waals surface area contributed by atoms with Crippen LogP contribution in [0.1, 0.15) is 44.7 Å². The van der Waals surface area contributed by atoms with E-state index in [1.54, 1.807) is 26.4 Å². The molecular formula is C30H32N2O6. The second kappa shape index (κ2) is 11.6. The predicted octanol–water partition coefficient (Wildman–Crippen LogP) is 4.55. The van der Waals surface area contributed by atoms with Gasteiger partial charge in [-0.3, -0.25) is 14.5 Å². The summed E-state index contributed by atoms with van der Waals surface area (Å²) in [5, 5.41) is 0. The smallest absolute Gasteiger partial charge is 0.265 e. The van der Waals surface area contributed by atoms with Crippen LogP contribution in [0.15, 0.2) is 60.7 Å². The van der Waals surface area contributed by atoms with Gasteiger partial charge in [0.05, 0.1) is 25.3 Å². The Morgan fingerprint density at radius 3 is 1.84 bits per heavy atom. The fourth-order valence-corrected chi connectivity index (χ4v) is 4.79. The SMILES string of the molecule is COc1ccc(COc2ccc3c(c2OCc2ccc(OC)cc2)C(=O)N(CCN2CCCC2)C3=O)cc1. The van der Waals surface area contributed by atoms with Gasteiger partial charge in [0.1, 0.15) is 24.7 Å². The van der Waals surface area contributed by atoms with Crippen molar-refractivity contribution in [3.05, 3.63) is 82.9 Å². The summed E-state index contributed by atoms with van der Waals surface area (Å²) in [7, 11) is 3.23. The molecule has 0 unspecified atom stereocenters. The molecule has 1 saturated heterocycles. The molecule has 0 radical (unpaired) electrons. The van der Waals surface area contributed by atoms with E-state index in [0.29, 0.717) is 24.4 Å². The first-order valence-corrected chi connectivity index (χ1v) is 12.8. The molecule has 8 nitrogen and oxygen atoms in total. The Morgan fingerprint density at radius 2 is 1.26 bits per heavy atom. The van der Waals surface area contributed by atoms with Gasteiger partial charge in [0, 0.05) is 13.1 Å². The van der Waals surface area contributed by atoms with Crippen molar-refractivity contribution < 1.29 is 28.5 Å². The second-order valence-corrected chi connectivity index (χ2v) is 9.40. The monoisotopic (exact) mass is 516 g/mol. The maximum Gasteiger partial charge on any atom is 0.265 e. The molecule has 198 valence electrons. The zero-order chi connectivity index (χ0) is 26.5. The van der Waals surface area contributed by atoms with Crippen LogP contribution < -0.4 is 18.9 Å². The lowest BCUT2D eigenvalue weighted by Gasteiger charge is -2.19. The number of benzene rings is 3. The first kappa shape index (κ1) is 25.6. The number of fused-ring (bicyclic) bond motifs is 1. The number of carbonyl (C=O) groups excluding carboxylic acids is 2. The van der Waals surface area contributed by atoms with E-state index >= 15 is 0 Å². The number of methoxy groups -OCH3 is 2. The Balaban J connectivity index is 1.39. The van der Waals surface area contributed by atoms with Crippen molar-refractivity contribution in [1.29, 1.82) is 0 Å². The minimum atomic E-state index is -0.344. The molecule has 0 aliphatic carbocycles. The minimum Gasteiger partial charge on any atom is -0.497 e. The van der Waals surface area contributed by atoms with E-state index in [9.17, 15) is 9.59 Å². The maximum absolute atomic E-state index is 13.5. The lowest BCUT2D eigenvalue weighted by Crippen LogP contribution is -2.37. The Morgan fingerprint density at radius 1 is 0.684 bits per heavy atom. The summed E-state index contributed by atoms with van der Waals surface area (Å²) in [6.45, 7) is 3.50. The van der Waals surface area contributed by atoms with Gasteiger partial charge >= 0.3 is 0 Å². The first-order chi connectivity index (χ1) is 18.6. The number of ether oxygens (including phenoxy) is 4. The lowest BCUT2D eigenvalue weighted by atomic mass is 10.1. The number of amides is 2. The number of rotatable bonds is 11. The molecule has 0 spiro atoms. The fourth-order valence-electron chi connectivity index (χ4n) is 4.79. The normalized spacial score (nSPS) is 15.1. The zero-order valence-corrected chi connectivity index (χ0v) is 21.8. The molecule has 0 saturated carbocycles. The standard InChI is InChI=1S/C30H32N2O6/c1-35-23-9-5-21(6-10-23)19-37-26-14-13-25-27(28(26)38-20-22-7-11-24(36-2)12-8-22)30(34)32(29(25)33)18-17-31-15-3-4-16-31/h5-14H,3-4,15-20H2,1-2H3. The molecule has 0 N–H and O–H groups in total. The van der Waals surface area contributed by atoms with Gasteiger partial charge in [-0.05, 0) is 73.5 Å². The third kappa shape index (κ3) is 5.45. The number of hydrogen-bond donors (Lipinski definition) is 0. The van der Waals surface area contributed by atoms with Crippen LogP contribution in [0, 0.1) is 0 Å². The average molecular weight is 517 g/mol. The van der Waals surface area contributed by atoms with Crippen molar-refractivity contribution in [2.24, 2.45) is 0 Å². The molecular weight excluding hydrogens is 484 g/mol. The van der Waals surface area contributed by atoms with E-state index in [2.05, 4.69) is 4.90 Å². The first-order valence-electron chi connectivity index (χ1n) is 12.8. The fraction of sp³-hybridized carbons (Fsp3) is 0.333. The van der Waals surface area contributed by atoms with E-state index < -0.39 is 0 Å². The molecule has 1 fully saturated rings. The summed E-state index contributed by atoms with van der Waals surface area (Å²) in [6.07, 6.45) is 2.31. The molecule has 2 aliphatic heterocycles. The Kier molecular flexibility index (Phi) is 7.79. The van der Waals surface area contributed by atoms with Gasteiger partial charge in [0.2, 0.25) is 0 Å². The van der Waals surface area contributed by atoms with Gasteiger partial charge in [-0.1, -0.05) is 24.3 Å². The van der Waals surface area contributed by atoms with Crippen LogP contribution in [-0.4, -0.2) is 62.0 Å². The van der Waals surface area contributed by atoms with Gasteiger partial charge in [-0.25, -0.2) is 0 Å². The number of nitrogens with zero attached hydrogens (tertiary/aromatic N) is 2. The van der Waals surface area contributed by atoms with Crippen molar-refractivity contribution in [1.82, 2.24) is 9.80 Å². The van der Waals surface area contributed by atoms with Crippen molar-refractivity contribution in [3.8, 4) is 23.0 Å². The highest BCUT2D eigenvalue weighted by Crippen LogP contribution is 2.39. The van der Waals surface area contributed by atoms with Crippen molar-refractivity contribution in [3.63, 3.8) is 0 Å². The van der Waals surface area contributed by atoms with Gasteiger partial charge < -0.3 is 23.8 Å². The molecule has 2 amide bonds. The zero-order valence-electron chi connectivity index (χ0n) is 21.8. The number of imide groups is 1. The molecule has 5 rings (SSSR count). The second-order valence-electron chi connectivity index (χ2n) is 9.40. The lowest BCUT2D eigenvalue weighted by molar-refractivity contribution is 0.0639. The Labute approximate surface area is 222 Å². The molecule has 38 heavy (non-hydrogen) atoms. The Bertz CT molecular complexity index is 1280. The summed E-state index contributed by atoms with van der Waals surface area (Å²) in [4.78, 5) is 30.4. The topological polar surface area (TPSA) is 77.5 Å². The third-order valence-corrected chi connectivity index (χ3v) is 6.99. The number of hydrogen-bond acceptors (Lipinski definition) is 7. The molecule has 3 aromatic rings. The summed E-state index contributed by atoms with van der Waals surface area (Å²) in [5.74, 6) is 1.56. The van der Waals surface area contributed by atoms with Crippen LogP contribution in [0.3, 0.4) is 0 Å². The van der Waals surface area contributed by atoms with Gasteiger partial charge in [0.15, 0.2) is 11.5 Å². The molecule has 8 heteroatoms. The highest BCUT2D eigenvalue weighted by Gasteiger charge is 2.39. The summed E-state index contributed by atoms with van der Waals surface area (Å²) in [6, 6.07) is 18.4. The van der Waals surface area contributed by atoms with Gasteiger partial charge in [-0.15, -0.1) is 0 Å². The minimum absolute atomic E-state index is 0.203. The molecule has 2 aliphatic rings. The summed E-state index contributed by atoms with van der Waals surface area (Å²) in [5.41, 5.74) is 2.43. The molecule has 2 heterocycles. The van der Waals surface area contributed by atoms with Crippen LogP contribution in [0.25, 0.3) is 0 Å². The van der Waals surface area contributed by atoms with E-state index in [1.807, 2.05) is 48.5 Å². The van der Waals surface area contributed by atoms with E-state index in [-0.39, 0.29) is 36.3 Å². The highest BCUT2D eigenvalue weighted by atomic mass is 16.5. The van der Waals surface area contributed by atoms with E-state index in [1.165, 1.54) is 4.90 Å². The molecule has 0 aromatic heterocycles. The van der Waals surface area contributed by atoms with E-state index in [4.69, 9.17) is 18.9 Å². The maximum atomic E-state index is 13.5. The molecule has 3 aromatic carbocycles. The largest absolute Gasteiger partial charge is 0.497 e. The van der Waals surface area contributed by atoms with Crippen LogP contribution in [0.2, 0.25) is 0 Å². The molecule has 0 bridgehead atoms. The van der Waals surface area contributed by atoms with Crippen LogP contribution in [0.5, 0.6) is 23.0 Å². The van der Waals surface area contributed by atoms with Gasteiger partial charge in [0.25, 0.3) is 11.8 Å². The molecule has 0 atom stereocenters. The van der Waals surface area contributed by atoms with Crippen LogP contribution in [0.4, 0.5) is 0 Å². The van der Waals surface area contributed by atoms with Crippen molar-refractivity contribution in [2.45, 2.75) is 26.1 Å². The number of carbonyl (C=O) groups is 2. The Hall–Kier alpha value is -4.04. The van der Waals surface area contributed by atoms with Crippen molar-refractivity contribution >= 4 is 11.8 Å². The highest BCUT2D eigenvalue weighted by molar-refractivity contribution is 6.23. The summed E-state index contributed by atoms with van der Waals surface area (Å²) < 4.78 is 22.8. The van der Waals surface area contributed by atoms with Crippen molar-refractivity contribution in [2.75, 3.05) is 40.4 Å². The van der Waals surface area contributed by atoms with E-state index in [0.717, 1.165) is 48.6 Å². The quantitative estimate of drug-likeness (QED) is 0.346. The van der Waals surface area contributed by atoms with Crippen LogP contribution in [-0.2, 0) is 13.2 Å². The predicted molar refractivity (Wildman–Crippen MR) is 142 cm³/mol. The average Bonchev–Trinajstić information content (AvgIpc) is 3.56.